The summed E-state index contributed by atoms with van der Waals surface area (Å²) in [5.41, 5.74) is 0. The highest BCUT2D eigenvalue weighted by Crippen LogP contribution is 2.23. The molecule has 0 fully saturated rings. The monoisotopic (exact) mass is 222 g/mol. The van der Waals surface area contributed by atoms with E-state index in [1.54, 1.807) is 0 Å². The zero-order valence-electron chi connectivity index (χ0n) is 7.03. The third-order valence-electron chi connectivity index (χ3n) is 0.930. The average Bonchev–Trinajstić information content (AvgIpc) is 2.00. The van der Waals surface area contributed by atoms with Crippen molar-refractivity contribution in [3.05, 3.63) is 0 Å². The fraction of sp³-hybridized carbons (Fsp3) is 0.833. The normalized spacial score (nSPS) is 12.7. The van der Waals surface area contributed by atoms with Crippen molar-refractivity contribution in [1.82, 2.24) is 0 Å². The summed E-state index contributed by atoms with van der Waals surface area (Å²) >= 11 is 0. The van der Waals surface area contributed by atoms with Crippen LogP contribution in [0.15, 0.2) is 0 Å². The number of rotatable bonds is 4. The topological polar surface area (TPSA) is 35.5 Å². The van der Waals surface area contributed by atoms with Crippen LogP contribution in [0.3, 0.4) is 0 Å². The first-order valence-corrected chi connectivity index (χ1v) is 3.45. The van der Waals surface area contributed by atoms with E-state index in [9.17, 15) is 26.7 Å². The van der Waals surface area contributed by atoms with Gasteiger partial charge < -0.3 is 9.47 Å². The van der Waals surface area contributed by atoms with E-state index in [0.29, 0.717) is 0 Å². The molecule has 0 unspecified atom stereocenters. The highest BCUT2D eigenvalue weighted by Gasteiger charge is 2.45. The molecule has 0 spiro atoms. The SMILES string of the molecule is CCOC(=O)C(F)(F)OCC(F)(F)F. The second kappa shape index (κ2) is 4.54. The summed E-state index contributed by atoms with van der Waals surface area (Å²) in [7, 11) is 0. The summed E-state index contributed by atoms with van der Waals surface area (Å²) in [5.74, 6) is -2.13. The van der Waals surface area contributed by atoms with E-state index in [1.165, 1.54) is 6.92 Å². The van der Waals surface area contributed by atoms with Gasteiger partial charge in [0.1, 0.15) is 6.61 Å². The van der Waals surface area contributed by atoms with Crippen LogP contribution in [0.1, 0.15) is 6.92 Å². The largest absolute Gasteiger partial charge is 0.460 e. The first-order chi connectivity index (χ1) is 6.19. The quantitative estimate of drug-likeness (QED) is 0.536. The molecule has 0 aromatic carbocycles. The van der Waals surface area contributed by atoms with E-state index < -0.39 is 24.9 Å². The molecule has 0 atom stereocenters. The van der Waals surface area contributed by atoms with Gasteiger partial charge in [-0.25, -0.2) is 4.79 Å². The molecule has 0 aromatic rings. The molecule has 0 aromatic heterocycles. The molecule has 0 heterocycles. The Kier molecular flexibility index (Phi) is 4.24. The van der Waals surface area contributed by atoms with Crippen molar-refractivity contribution in [2.75, 3.05) is 13.2 Å². The van der Waals surface area contributed by atoms with Gasteiger partial charge in [0.2, 0.25) is 0 Å². The molecular weight excluding hydrogens is 215 g/mol. The van der Waals surface area contributed by atoms with Crippen molar-refractivity contribution in [1.29, 1.82) is 0 Å². The highest BCUT2D eigenvalue weighted by molar-refractivity contribution is 5.75. The van der Waals surface area contributed by atoms with Crippen LogP contribution in [0.4, 0.5) is 22.0 Å². The Hall–Kier alpha value is -0.920. The Morgan fingerprint density at radius 1 is 1.21 bits per heavy atom. The number of carbonyl (C=O) groups excluding carboxylic acids is 1. The van der Waals surface area contributed by atoms with Crippen LogP contribution in [0.2, 0.25) is 0 Å². The molecule has 0 rings (SSSR count). The van der Waals surface area contributed by atoms with Crippen molar-refractivity contribution in [3.8, 4) is 0 Å². The molecule has 8 heteroatoms. The smallest absolute Gasteiger partial charge is 0.456 e. The van der Waals surface area contributed by atoms with Crippen LogP contribution in [0, 0.1) is 0 Å². The molecule has 0 aliphatic carbocycles. The highest BCUT2D eigenvalue weighted by atomic mass is 19.4. The van der Waals surface area contributed by atoms with Gasteiger partial charge >= 0.3 is 18.3 Å². The summed E-state index contributed by atoms with van der Waals surface area (Å²) in [6.45, 7) is -1.35. The van der Waals surface area contributed by atoms with Crippen LogP contribution < -0.4 is 0 Å². The minimum absolute atomic E-state index is 0.371. The summed E-state index contributed by atoms with van der Waals surface area (Å²) < 4.78 is 65.8. The predicted molar refractivity (Wildman–Crippen MR) is 33.6 cm³/mol. The van der Waals surface area contributed by atoms with Gasteiger partial charge in [0.05, 0.1) is 6.61 Å². The van der Waals surface area contributed by atoms with Crippen LogP contribution in [-0.2, 0) is 14.3 Å². The molecule has 14 heavy (non-hydrogen) atoms. The number of esters is 1. The minimum atomic E-state index is -4.92. The number of hydrogen-bond donors (Lipinski definition) is 0. The molecule has 84 valence electrons. The number of carbonyl (C=O) groups is 1. The number of ether oxygens (including phenoxy) is 2. The molecule has 3 nitrogen and oxygen atoms in total. The van der Waals surface area contributed by atoms with Gasteiger partial charge in [-0.15, -0.1) is 0 Å². The Balaban J connectivity index is 4.13. The van der Waals surface area contributed by atoms with Crippen molar-refractivity contribution in [3.63, 3.8) is 0 Å². The first kappa shape index (κ1) is 13.1. The third kappa shape index (κ3) is 4.95. The predicted octanol–water partition coefficient (Wildman–Crippen LogP) is 1.72. The average molecular weight is 222 g/mol. The lowest BCUT2D eigenvalue weighted by Crippen LogP contribution is -2.37. The van der Waals surface area contributed by atoms with Gasteiger partial charge in [-0.2, -0.15) is 22.0 Å². The van der Waals surface area contributed by atoms with Gasteiger partial charge in [-0.3, -0.25) is 0 Å². The molecule has 0 saturated carbocycles. The molecule has 0 aliphatic rings. The van der Waals surface area contributed by atoms with Crippen molar-refractivity contribution >= 4 is 5.97 Å². The molecule has 0 aliphatic heterocycles. The van der Waals surface area contributed by atoms with E-state index in [-0.39, 0.29) is 6.61 Å². The second-order valence-electron chi connectivity index (χ2n) is 2.14. The van der Waals surface area contributed by atoms with Crippen molar-refractivity contribution in [2.24, 2.45) is 0 Å². The number of halogens is 5. The summed E-state index contributed by atoms with van der Waals surface area (Å²) in [4.78, 5) is 10.3. The van der Waals surface area contributed by atoms with E-state index in [1.807, 2.05) is 0 Å². The van der Waals surface area contributed by atoms with Gasteiger partial charge in [-0.1, -0.05) is 0 Å². The lowest BCUT2D eigenvalue weighted by molar-refractivity contribution is -0.285. The Morgan fingerprint density at radius 3 is 2.07 bits per heavy atom. The maximum atomic E-state index is 12.3. The molecule has 0 bridgehead atoms. The Morgan fingerprint density at radius 2 is 1.71 bits per heavy atom. The molecule has 0 N–H and O–H groups in total. The minimum Gasteiger partial charge on any atom is -0.460 e. The molecule has 0 radical (unpaired) electrons. The van der Waals surface area contributed by atoms with Crippen molar-refractivity contribution in [2.45, 2.75) is 19.2 Å². The molecule has 0 amide bonds. The van der Waals surface area contributed by atoms with Crippen molar-refractivity contribution < 1.29 is 36.2 Å². The number of alkyl halides is 5. The van der Waals surface area contributed by atoms with Gasteiger partial charge in [0.15, 0.2) is 0 Å². The maximum Gasteiger partial charge on any atom is 0.456 e. The van der Waals surface area contributed by atoms with Crippen LogP contribution >= 0.6 is 0 Å². The van der Waals surface area contributed by atoms with Crippen LogP contribution in [-0.4, -0.2) is 31.5 Å². The first-order valence-electron chi connectivity index (χ1n) is 3.45. The lowest BCUT2D eigenvalue weighted by atomic mass is 10.6. The molecule has 0 saturated heterocycles. The third-order valence-corrected chi connectivity index (χ3v) is 0.930. The summed E-state index contributed by atoms with van der Waals surface area (Å²) in [5, 5.41) is 0. The van der Waals surface area contributed by atoms with Crippen LogP contribution in [0.25, 0.3) is 0 Å². The Labute approximate surface area is 75.8 Å². The zero-order valence-corrected chi connectivity index (χ0v) is 7.03. The van der Waals surface area contributed by atoms with Gasteiger partial charge in [0.25, 0.3) is 0 Å². The van der Waals surface area contributed by atoms with Crippen LogP contribution in [0.5, 0.6) is 0 Å². The lowest BCUT2D eigenvalue weighted by Gasteiger charge is -2.15. The Bertz CT molecular complexity index is 200. The molecular formula is C6H7F5O3. The maximum absolute atomic E-state index is 12.3. The van der Waals surface area contributed by atoms with E-state index in [4.69, 9.17) is 0 Å². The summed E-state index contributed by atoms with van der Waals surface area (Å²) in [6.07, 6.45) is -9.48. The zero-order chi connectivity index (χ0) is 11.4. The van der Waals surface area contributed by atoms with E-state index >= 15 is 0 Å². The fourth-order valence-electron chi connectivity index (χ4n) is 0.447. The fourth-order valence-corrected chi connectivity index (χ4v) is 0.447. The summed E-state index contributed by atoms with van der Waals surface area (Å²) in [6, 6.07) is 0. The van der Waals surface area contributed by atoms with Gasteiger partial charge in [0, 0.05) is 0 Å². The standard InChI is InChI=1S/C6H7F5O3/c1-2-13-4(12)6(10,11)14-3-5(7,8)9/h2-3H2,1H3. The second-order valence-corrected chi connectivity index (χ2v) is 2.14. The van der Waals surface area contributed by atoms with E-state index in [0.717, 1.165) is 0 Å². The van der Waals surface area contributed by atoms with Gasteiger partial charge in [-0.05, 0) is 6.92 Å². The number of hydrogen-bond acceptors (Lipinski definition) is 3. The van der Waals surface area contributed by atoms with E-state index in [2.05, 4.69) is 9.47 Å².